The van der Waals surface area contributed by atoms with Crippen molar-refractivity contribution in [2.45, 2.75) is 45.6 Å². The van der Waals surface area contributed by atoms with Crippen molar-refractivity contribution in [1.82, 2.24) is 15.2 Å². The average molecular weight is 304 g/mol. The Labute approximate surface area is 127 Å². The second-order valence-electron chi connectivity index (χ2n) is 5.94. The Balaban J connectivity index is 1.77. The van der Waals surface area contributed by atoms with Crippen LogP contribution in [0.2, 0.25) is 0 Å². The Hall–Kier alpha value is -1.69. The maximum Gasteiger partial charge on any atom is 0.248 e. The Bertz CT molecular complexity index is 676. The molecule has 21 heavy (non-hydrogen) atoms. The van der Waals surface area contributed by atoms with Crippen LogP contribution in [0.5, 0.6) is 0 Å². The van der Waals surface area contributed by atoms with Gasteiger partial charge >= 0.3 is 0 Å². The van der Waals surface area contributed by atoms with Crippen molar-refractivity contribution in [2.24, 2.45) is 5.92 Å². The van der Waals surface area contributed by atoms with Crippen LogP contribution in [0, 0.1) is 5.92 Å². The molecule has 0 aliphatic heterocycles. The van der Waals surface area contributed by atoms with E-state index in [1.54, 1.807) is 17.4 Å². The highest BCUT2D eigenvalue weighted by atomic mass is 32.1. The van der Waals surface area contributed by atoms with Crippen molar-refractivity contribution in [1.29, 1.82) is 0 Å². The third kappa shape index (κ3) is 3.32. The molecule has 0 bridgehead atoms. The highest BCUT2D eigenvalue weighted by Gasteiger charge is 2.21. The van der Waals surface area contributed by atoms with Gasteiger partial charge in [0.25, 0.3) is 0 Å². The first-order valence-corrected chi connectivity index (χ1v) is 8.24. The van der Waals surface area contributed by atoms with E-state index >= 15 is 0 Å². The van der Waals surface area contributed by atoms with Crippen molar-refractivity contribution in [3.8, 4) is 0 Å². The quantitative estimate of drug-likeness (QED) is 0.911. The van der Waals surface area contributed by atoms with E-state index in [1.165, 1.54) is 5.56 Å². The number of pyridine rings is 1. The van der Waals surface area contributed by atoms with Crippen LogP contribution in [0.15, 0.2) is 16.9 Å². The van der Waals surface area contributed by atoms with Gasteiger partial charge in [0.15, 0.2) is 0 Å². The van der Waals surface area contributed by atoms with Crippen LogP contribution in [0.3, 0.4) is 0 Å². The van der Waals surface area contributed by atoms with Gasteiger partial charge in [-0.25, -0.2) is 0 Å². The van der Waals surface area contributed by atoms with Gasteiger partial charge in [0.2, 0.25) is 10.7 Å². The minimum absolute atomic E-state index is 0.0236. The van der Waals surface area contributed by atoms with Gasteiger partial charge in [-0.15, -0.1) is 10.2 Å². The van der Waals surface area contributed by atoms with Crippen molar-refractivity contribution < 1.29 is 0 Å². The van der Waals surface area contributed by atoms with Gasteiger partial charge in [0.1, 0.15) is 5.01 Å². The minimum atomic E-state index is -0.0236. The molecular weight excluding hydrogens is 284 g/mol. The van der Waals surface area contributed by atoms with Crippen LogP contribution in [0.1, 0.15) is 49.0 Å². The van der Waals surface area contributed by atoms with Crippen LogP contribution >= 0.6 is 11.3 Å². The minimum Gasteiger partial charge on any atom is -0.353 e. The fourth-order valence-corrected chi connectivity index (χ4v) is 3.75. The summed E-state index contributed by atoms with van der Waals surface area (Å²) in [6.45, 7) is 4.37. The summed E-state index contributed by atoms with van der Waals surface area (Å²) in [4.78, 5) is 14.4. The average Bonchev–Trinajstić information content (AvgIpc) is 2.85. The molecule has 112 valence electrons. The lowest BCUT2D eigenvalue weighted by molar-refractivity contribution is 0.586. The molecule has 2 aromatic heterocycles. The number of nitrogens with one attached hydrogen (secondary N) is 2. The third-order valence-corrected chi connectivity index (χ3v) is 4.56. The number of fused-ring (bicyclic) bond motifs is 1. The number of rotatable bonds is 4. The van der Waals surface area contributed by atoms with Gasteiger partial charge < -0.3 is 10.3 Å². The fraction of sp³-hybridized carbons (Fsp3) is 0.533. The summed E-state index contributed by atoms with van der Waals surface area (Å²) >= 11 is 1.63. The van der Waals surface area contributed by atoms with Crippen molar-refractivity contribution in [3.05, 3.63) is 38.8 Å². The molecule has 1 aliphatic carbocycles. The Kier molecular flexibility index (Phi) is 4.05. The number of hydrogen-bond donors (Lipinski definition) is 2. The zero-order chi connectivity index (χ0) is 14.8. The smallest absolute Gasteiger partial charge is 0.248 e. The molecule has 0 spiro atoms. The monoisotopic (exact) mass is 304 g/mol. The number of H-pyrrole nitrogens is 1. The van der Waals surface area contributed by atoms with Crippen molar-refractivity contribution in [3.63, 3.8) is 0 Å². The van der Waals surface area contributed by atoms with Gasteiger partial charge in [-0.05, 0) is 36.8 Å². The number of nitrogens with zero attached hydrogens (tertiary/aromatic N) is 2. The molecule has 0 radical (unpaired) electrons. The Morgan fingerprint density at radius 2 is 2.29 bits per heavy atom. The first kappa shape index (κ1) is 14.3. The highest BCUT2D eigenvalue weighted by molar-refractivity contribution is 7.15. The molecule has 1 aliphatic rings. The van der Waals surface area contributed by atoms with Gasteiger partial charge in [-0.1, -0.05) is 25.2 Å². The predicted octanol–water partition coefficient (Wildman–Crippen LogP) is 2.91. The topological polar surface area (TPSA) is 70.7 Å². The first-order chi connectivity index (χ1) is 10.1. The summed E-state index contributed by atoms with van der Waals surface area (Å²) in [6, 6.07) is 3.75. The van der Waals surface area contributed by atoms with E-state index in [4.69, 9.17) is 0 Å². The molecule has 3 rings (SSSR count). The molecule has 2 aromatic rings. The Morgan fingerprint density at radius 1 is 1.43 bits per heavy atom. The van der Waals surface area contributed by atoms with Crippen LogP contribution < -0.4 is 10.9 Å². The fourth-order valence-electron chi connectivity index (χ4n) is 2.74. The molecular formula is C15H20N4OS. The van der Waals surface area contributed by atoms with Gasteiger partial charge in [-0.3, -0.25) is 4.79 Å². The lowest BCUT2D eigenvalue weighted by Crippen LogP contribution is -2.21. The summed E-state index contributed by atoms with van der Waals surface area (Å²) in [5.41, 5.74) is 2.21. The van der Waals surface area contributed by atoms with E-state index in [2.05, 4.69) is 34.3 Å². The zero-order valence-electron chi connectivity index (χ0n) is 12.3. The third-order valence-electron chi connectivity index (χ3n) is 3.68. The normalized spacial score (nSPS) is 17.8. The van der Waals surface area contributed by atoms with E-state index in [-0.39, 0.29) is 11.6 Å². The molecule has 0 saturated carbocycles. The number of hydrogen-bond acceptors (Lipinski definition) is 5. The van der Waals surface area contributed by atoms with E-state index < -0.39 is 0 Å². The highest BCUT2D eigenvalue weighted by Crippen LogP contribution is 2.31. The van der Waals surface area contributed by atoms with Crippen molar-refractivity contribution >= 4 is 16.5 Å². The SMILES string of the molecule is CC(C)Cc1nnc(NC2CCCc3[nH]c(=O)ccc32)s1. The molecule has 0 fully saturated rings. The number of aromatic amines is 1. The molecule has 1 unspecified atom stereocenters. The summed E-state index contributed by atoms with van der Waals surface area (Å²) in [7, 11) is 0. The molecule has 0 aromatic carbocycles. The van der Waals surface area contributed by atoms with Gasteiger partial charge in [-0.2, -0.15) is 0 Å². The summed E-state index contributed by atoms with van der Waals surface area (Å²) < 4.78 is 0. The largest absolute Gasteiger partial charge is 0.353 e. The molecule has 2 heterocycles. The Morgan fingerprint density at radius 3 is 3.10 bits per heavy atom. The molecule has 2 N–H and O–H groups in total. The second-order valence-corrected chi connectivity index (χ2v) is 7.01. The predicted molar refractivity (Wildman–Crippen MR) is 84.8 cm³/mol. The standard InChI is InChI=1S/C15H20N4OS/c1-9(2)8-14-18-19-15(21-14)17-12-5-3-4-11-10(12)6-7-13(20)16-11/h6-7,9,12H,3-5,8H2,1-2H3,(H,16,20)(H,17,19). The molecule has 1 atom stereocenters. The molecule has 6 heteroatoms. The van der Waals surface area contributed by atoms with Crippen molar-refractivity contribution in [2.75, 3.05) is 5.32 Å². The molecule has 5 nitrogen and oxygen atoms in total. The number of anilines is 1. The van der Waals surface area contributed by atoms with Crippen LogP contribution in [-0.4, -0.2) is 15.2 Å². The summed E-state index contributed by atoms with van der Waals surface area (Å²) in [5.74, 6) is 0.589. The van der Waals surface area contributed by atoms with E-state index in [1.807, 2.05) is 6.07 Å². The lowest BCUT2D eigenvalue weighted by atomic mass is 9.91. The van der Waals surface area contributed by atoms with Gasteiger partial charge in [0, 0.05) is 18.2 Å². The zero-order valence-corrected chi connectivity index (χ0v) is 13.2. The van der Waals surface area contributed by atoms with Gasteiger partial charge in [0.05, 0.1) is 6.04 Å². The summed E-state index contributed by atoms with van der Waals surface area (Å²) in [6.07, 6.45) is 4.03. The van der Waals surface area contributed by atoms with E-state index in [9.17, 15) is 4.79 Å². The maximum absolute atomic E-state index is 11.4. The van der Waals surface area contributed by atoms with E-state index in [0.29, 0.717) is 5.92 Å². The van der Waals surface area contributed by atoms with E-state index in [0.717, 1.165) is 41.5 Å². The lowest BCUT2D eigenvalue weighted by Gasteiger charge is -2.25. The number of aromatic nitrogens is 3. The maximum atomic E-state index is 11.4. The number of aryl methyl sites for hydroxylation is 1. The van der Waals surface area contributed by atoms with Crippen LogP contribution in [0.25, 0.3) is 0 Å². The molecule has 0 saturated heterocycles. The summed E-state index contributed by atoms with van der Waals surface area (Å²) in [5, 5.41) is 13.9. The molecule has 0 amide bonds. The van der Waals surface area contributed by atoms with Crippen LogP contribution in [-0.2, 0) is 12.8 Å². The van der Waals surface area contributed by atoms with Crippen LogP contribution in [0.4, 0.5) is 5.13 Å². The second kappa shape index (κ2) is 5.97. The first-order valence-electron chi connectivity index (χ1n) is 7.43.